The summed E-state index contributed by atoms with van der Waals surface area (Å²) in [7, 11) is 0. The third-order valence-electron chi connectivity index (χ3n) is 1.83. The summed E-state index contributed by atoms with van der Waals surface area (Å²) in [6.45, 7) is 0.000994. The van der Waals surface area contributed by atoms with Crippen LogP contribution >= 0.6 is 0 Å². The number of urea groups is 1. The van der Waals surface area contributed by atoms with Gasteiger partial charge in [-0.3, -0.25) is 4.79 Å². The molecule has 1 atom stereocenters. The monoisotopic (exact) mass is 271 g/mol. The van der Waals surface area contributed by atoms with Crippen LogP contribution in [-0.2, 0) is 9.59 Å². The van der Waals surface area contributed by atoms with Gasteiger partial charge < -0.3 is 21.5 Å². The first-order valence-electron chi connectivity index (χ1n) is 4.78. The molecular formula is C8H12F3N3O4. The maximum atomic E-state index is 11.9. The van der Waals surface area contributed by atoms with Gasteiger partial charge in [-0.2, -0.15) is 13.2 Å². The normalized spacial score (nSPS) is 12.6. The van der Waals surface area contributed by atoms with Gasteiger partial charge in [-0.15, -0.1) is 0 Å². The van der Waals surface area contributed by atoms with Gasteiger partial charge in [-0.1, -0.05) is 0 Å². The van der Waals surface area contributed by atoms with Crippen LogP contribution in [0.4, 0.5) is 18.0 Å². The van der Waals surface area contributed by atoms with E-state index in [4.69, 9.17) is 10.8 Å². The van der Waals surface area contributed by atoms with Gasteiger partial charge in [0.2, 0.25) is 0 Å². The van der Waals surface area contributed by atoms with E-state index in [0.29, 0.717) is 0 Å². The molecule has 18 heavy (non-hydrogen) atoms. The van der Waals surface area contributed by atoms with Crippen molar-refractivity contribution < 1.29 is 32.7 Å². The minimum Gasteiger partial charge on any atom is -0.480 e. The lowest BCUT2D eigenvalue weighted by atomic mass is 10.1. The first kappa shape index (κ1) is 16.0. The average molecular weight is 271 g/mol. The van der Waals surface area contributed by atoms with Crippen molar-refractivity contribution in [3.8, 4) is 0 Å². The second-order valence-electron chi connectivity index (χ2n) is 3.30. The molecular weight excluding hydrogens is 259 g/mol. The van der Waals surface area contributed by atoms with Crippen molar-refractivity contribution in [2.45, 2.75) is 25.1 Å². The summed E-state index contributed by atoms with van der Waals surface area (Å²) in [5.41, 5.74) is 4.72. The highest BCUT2D eigenvalue weighted by molar-refractivity contribution is 5.86. The number of alkyl halides is 3. The molecule has 0 aliphatic rings. The molecule has 0 bridgehead atoms. The van der Waals surface area contributed by atoms with E-state index in [-0.39, 0.29) is 19.4 Å². The summed E-state index contributed by atoms with van der Waals surface area (Å²) < 4.78 is 35.7. The molecule has 7 nitrogen and oxygen atoms in total. The van der Waals surface area contributed by atoms with E-state index in [2.05, 4.69) is 5.32 Å². The fraction of sp³-hybridized carbons (Fsp3) is 0.625. The number of aliphatic carboxylic acids is 1. The standard InChI is InChI=1S/C8H12F3N3O4/c9-8(10,11)6(17)14-4(5(15)16)2-1-3-13-7(12)18/h4H,1-3H2,(H,14,17)(H,15,16)(H3,12,13,18)/t4-/m1/s1. The minimum atomic E-state index is -5.14. The SMILES string of the molecule is NC(=O)NCCC[C@@H](NC(=O)C(F)(F)F)C(=O)O. The number of carboxylic acid groups (broad SMARTS) is 1. The zero-order valence-electron chi connectivity index (χ0n) is 9.08. The molecule has 0 aromatic heterocycles. The quantitative estimate of drug-likeness (QED) is 0.489. The van der Waals surface area contributed by atoms with Gasteiger partial charge in [0, 0.05) is 6.54 Å². The van der Waals surface area contributed by atoms with Gasteiger partial charge in [-0.05, 0) is 12.8 Å². The van der Waals surface area contributed by atoms with Crippen LogP contribution in [0.1, 0.15) is 12.8 Å². The molecule has 0 heterocycles. The Morgan fingerprint density at radius 3 is 2.22 bits per heavy atom. The summed E-state index contributed by atoms with van der Waals surface area (Å²) in [6, 6.07) is -2.50. The van der Waals surface area contributed by atoms with Crippen molar-refractivity contribution in [3.05, 3.63) is 0 Å². The zero-order chi connectivity index (χ0) is 14.3. The molecule has 0 aromatic carbocycles. The third-order valence-corrected chi connectivity index (χ3v) is 1.83. The van der Waals surface area contributed by atoms with Gasteiger partial charge in [0.25, 0.3) is 0 Å². The summed E-state index contributed by atoms with van der Waals surface area (Å²) in [5, 5.41) is 12.1. The molecule has 0 saturated heterocycles. The lowest BCUT2D eigenvalue weighted by Crippen LogP contribution is -2.47. The molecule has 0 rings (SSSR count). The van der Waals surface area contributed by atoms with Crippen molar-refractivity contribution in [2.75, 3.05) is 6.54 Å². The molecule has 104 valence electrons. The number of rotatable bonds is 6. The molecule has 0 spiro atoms. The maximum absolute atomic E-state index is 11.9. The molecule has 0 unspecified atom stereocenters. The van der Waals surface area contributed by atoms with E-state index in [1.54, 1.807) is 0 Å². The maximum Gasteiger partial charge on any atom is 0.471 e. The summed E-state index contributed by atoms with van der Waals surface area (Å²) >= 11 is 0. The van der Waals surface area contributed by atoms with Crippen LogP contribution in [-0.4, -0.2) is 41.8 Å². The number of hydrogen-bond donors (Lipinski definition) is 4. The number of primary amides is 1. The Labute approximate surface area is 99.5 Å². The second kappa shape index (κ2) is 6.67. The molecule has 3 amide bonds. The highest BCUT2D eigenvalue weighted by Gasteiger charge is 2.40. The predicted octanol–water partition coefficient (Wildman–Crippen LogP) is -0.433. The Morgan fingerprint density at radius 1 is 1.28 bits per heavy atom. The Bertz CT molecular complexity index is 332. The van der Waals surface area contributed by atoms with Crippen LogP contribution in [0.5, 0.6) is 0 Å². The Morgan fingerprint density at radius 2 is 1.83 bits per heavy atom. The van der Waals surface area contributed by atoms with Crippen molar-refractivity contribution >= 4 is 17.9 Å². The lowest BCUT2D eigenvalue weighted by Gasteiger charge is -2.15. The van der Waals surface area contributed by atoms with E-state index >= 15 is 0 Å². The number of carbonyl (C=O) groups is 3. The fourth-order valence-corrected chi connectivity index (χ4v) is 1.02. The number of amides is 3. The van der Waals surface area contributed by atoms with Crippen molar-refractivity contribution in [3.63, 3.8) is 0 Å². The van der Waals surface area contributed by atoms with Crippen LogP contribution in [0, 0.1) is 0 Å². The summed E-state index contributed by atoms with van der Waals surface area (Å²) in [4.78, 5) is 31.4. The molecule has 0 radical (unpaired) electrons. The van der Waals surface area contributed by atoms with Crippen LogP contribution in [0.25, 0.3) is 0 Å². The van der Waals surface area contributed by atoms with Crippen LogP contribution < -0.4 is 16.4 Å². The Hall–Kier alpha value is -2.00. The van der Waals surface area contributed by atoms with Gasteiger partial charge in [-0.25, -0.2) is 9.59 Å². The van der Waals surface area contributed by atoms with Crippen molar-refractivity contribution in [2.24, 2.45) is 5.73 Å². The molecule has 0 aromatic rings. The molecule has 0 aliphatic carbocycles. The minimum absolute atomic E-state index is 0.000994. The molecule has 10 heteroatoms. The highest BCUT2D eigenvalue weighted by atomic mass is 19.4. The molecule has 5 N–H and O–H groups in total. The van der Waals surface area contributed by atoms with Gasteiger partial charge in [0.05, 0.1) is 0 Å². The number of nitrogens with one attached hydrogen (secondary N) is 2. The topological polar surface area (TPSA) is 122 Å². The number of hydrogen-bond acceptors (Lipinski definition) is 3. The van der Waals surface area contributed by atoms with E-state index < -0.39 is 30.1 Å². The van der Waals surface area contributed by atoms with Crippen molar-refractivity contribution in [1.82, 2.24) is 10.6 Å². The number of carboxylic acids is 1. The van der Waals surface area contributed by atoms with E-state index in [0.717, 1.165) is 0 Å². The van der Waals surface area contributed by atoms with E-state index in [1.807, 2.05) is 0 Å². The highest BCUT2D eigenvalue weighted by Crippen LogP contribution is 2.15. The van der Waals surface area contributed by atoms with E-state index in [1.165, 1.54) is 5.32 Å². The first-order valence-corrected chi connectivity index (χ1v) is 4.78. The van der Waals surface area contributed by atoms with E-state index in [9.17, 15) is 27.6 Å². The van der Waals surface area contributed by atoms with Crippen LogP contribution in [0.3, 0.4) is 0 Å². The number of nitrogens with two attached hydrogens (primary N) is 1. The van der Waals surface area contributed by atoms with Crippen LogP contribution in [0.2, 0.25) is 0 Å². The van der Waals surface area contributed by atoms with Gasteiger partial charge in [0.15, 0.2) is 0 Å². The lowest BCUT2D eigenvalue weighted by molar-refractivity contribution is -0.175. The molecule has 0 aliphatic heterocycles. The Balaban J connectivity index is 4.21. The fourth-order valence-electron chi connectivity index (χ4n) is 1.02. The second-order valence-corrected chi connectivity index (χ2v) is 3.30. The first-order chi connectivity index (χ1) is 8.14. The number of halogens is 3. The average Bonchev–Trinajstić information content (AvgIpc) is 2.19. The third kappa shape index (κ3) is 6.55. The predicted molar refractivity (Wildman–Crippen MR) is 52.4 cm³/mol. The van der Waals surface area contributed by atoms with Crippen LogP contribution in [0.15, 0.2) is 0 Å². The summed E-state index contributed by atoms with van der Waals surface area (Å²) in [5.74, 6) is -3.91. The Kier molecular flexibility index (Phi) is 5.93. The summed E-state index contributed by atoms with van der Waals surface area (Å²) in [6.07, 6.45) is -5.35. The largest absolute Gasteiger partial charge is 0.480 e. The zero-order valence-corrected chi connectivity index (χ0v) is 9.08. The molecule has 0 saturated carbocycles. The van der Waals surface area contributed by atoms with Crippen molar-refractivity contribution in [1.29, 1.82) is 0 Å². The smallest absolute Gasteiger partial charge is 0.471 e. The van der Waals surface area contributed by atoms with Gasteiger partial charge >= 0.3 is 24.1 Å². The number of carbonyl (C=O) groups excluding carboxylic acids is 2. The molecule has 0 fully saturated rings. The van der Waals surface area contributed by atoms with Gasteiger partial charge in [0.1, 0.15) is 6.04 Å².